The monoisotopic (exact) mass is 524 g/mol. The Morgan fingerprint density at radius 2 is 1.94 bits per heavy atom. The van der Waals surface area contributed by atoms with Crippen molar-refractivity contribution in [3.63, 3.8) is 0 Å². The van der Waals surface area contributed by atoms with Gasteiger partial charge in [-0.1, -0.05) is 32.4 Å². The summed E-state index contributed by atoms with van der Waals surface area (Å²) in [6.45, 7) is 10.3. The molecule has 3 fully saturated rings. The Hall–Kier alpha value is -2.55. The lowest BCUT2D eigenvalue weighted by atomic mass is 9.97. The number of carbonyl (C=O) groups is 2. The summed E-state index contributed by atoms with van der Waals surface area (Å²) in [5.74, 6) is 0.696. The highest BCUT2D eigenvalue weighted by Crippen LogP contribution is 2.63. The van der Waals surface area contributed by atoms with Crippen molar-refractivity contribution in [1.29, 1.82) is 0 Å². The van der Waals surface area contributed by atoms with Crippen molar-refractivity contribution in [2.24, 2.45) is 23.2 Å². The molecule has 1 saturated carbocycles. The van der Waals surface area contributed by atoms with Crippen LogP contribution in [0.2, 0.25) is 5.02 Å². The van der Waals surface area contributed by atoms with Gasteiger partial charge in [0.15, 0.2) is 0 Å². The molecule has 2 aromatic heterocycles. The quantitative estimate of drug-likeness (QED) is 0.481. The lowest BCUT2D eigenvalue weighted by Crippen LogP contribution is -2.41. The number of aryl methyl sites for hydroxylation is 1. The summed E-state index contributed by atoms with van der Waals surface area (Å²) in [5, 5.41) is 4.04. The van der Waals surface area contributed by atoms with E-state index in [0.717, 1.165) is 57.2 Å². The molecule has 6 rings (SSSR count). The van der Waals surface area contributed by atoms with E-state index in [1.165, 1.54) is 16.2 Å². The van der Waals surface area contributed by atoms with Gasteiger partial charge in [0, 0.05) is 27.9 Å². The van der Waals surface area contributed by atoms with E-state index in [1.807, 2.05) is 39.0 Å². The minimum Gasteiger partial charge on any atom is -0.489 e. The highest BCUT2D eigenvalue weighted by atomic mass is 35.5. The zero-order valence-corrected chi connectivity index (χ0v) is 22.4. The SMILES string of the molecule is Cc1cc(Cl)cc(-c2ncnc3cc(CN4C(=O)C5C(C4=O)C5(C)C)sc23)c1O[C@@H]1CCNC[C@@H]1C. The molecule has 7 nitrogen and oxygen atoms in total. The van der Waals surface area contributed by atoms with Gasteiger partial charge in [-0.25, -0.2) is 9.97 Å². The Morgan fingerprint density at radius 3 is 2.67 bits per heavy atom. The van der Waals surface area contributed by atoms with Crippen LogP contribution in [0.4, 0.5) is 0 Å². The highest BCUT2D eigenvalue weighted by molar-refractivity contribution is 7.19. The number of nitrogens with zero attached hydrogens (tertiary/aromatic N) is 3. The van der Waals surface area contributed by atoms with Gasteiger partial charge in [0.05, 0.1) is 34.3 Å². The Bertz CT molecular complexity index is 1380. The van der Waals surface area contributed by atoms with E-state index < -0.39 is 0 Å². The minimum absolute atomic E-state index is 0.0593. The molecular weight excluding hydrogens is 496 g/mol. The van der Waals surface area contributed by atoms with Gasteiger partial charge >= 0.3 is 0 Å². The number of hydrogen-bond donors (Lipinski definition) is 1. The summed E-state index contributed by atoms with van der Waals surface area (Å²) in [6.07, 6.45) is 2.58. The van der Waals surface area contributed by atoms with Crippen LogP contribution in [0.5, 0.6) is 5.75 Å². The van der Waals surface area contributed by atoms with Crippen LogP contribution in [0.15, 0.2) is 24.5 Å². The van der Waals surface area contributed by atoms with E-state index in [2.05, 4.69) is 22.2 Å². The molecule has 2 amide bonds. The van der Waals surface area contributed by atoms with Crippen molar-refractivity contribution in [2.75, 3.05) is 13.1 Å². The number of ether oxygens (including phenoxy) is 1. The predicted molar refractivity (Wildman–Crippen MR) is 140 cm³/mol. The van der Waals surface area contributed by atoms with Gasteiger partial charge < -0.3 is 10.1 Å². The van der Waals surface area contributed by atoms with E-state index in [-0.39, 0.29) is 41.7 Å². The van der Waals surface area contributed by atoms with Crippen LogP contribution in [0, 0.1) is 30.1 Å². The standard InChI is InChI=1S/C27H29ClN4O3S/c1-13-7-15(28)8-17(23(13)35-19-5-6-29-10-14(19)2)22-24-18(30-12-31-22)9-16(36-24)11-32-25(33)20-21(26(32)34)27(20,3)4/h7-9,12,14,19-21,29H,5-6,10-11H2,1-4H3/t14-,19+,20?,21?/m0/s1. The minimum atomic E-state index is -0.212. The Labute approximate surface area is 219 Å². The fraction of sp³-hybridized carbons (Fsp3) is 0.481. The summed E-state index contributed by atoms with van der Waals surface area (Å²) in [4.78, 5) is 37.2. The maximum absolute atomic E-state index is 12.9. The van der Waals surface area contributed by atoms with Crippen LogP contribution in [-0.2, 0) is 16.1 Å². The number of imide groups is 1. The summed E-state index contributed by atoms with van der Waals surface area (Å²) in [7, 11) is 0. The molecular formula is C27H29ClN4O3S. The number of nitrogens with one attached hydrogen (secondary N) is 1. The van der Waals surface area contributed by atoms with Crippen molar-refractivity contribution in [3.8, 4) is 17.0 Å². The predicted octanol–water partition coefficient (Wildman–Crippen LogP) is 4.84. The molecule has 4 heterocycles. The van der Waals surface area contributed by atoms with Crippen LogP contribution in [0.25, 0.3) is 21.5 Å². The molecule has 0 radical (unpaired) electrons. The zero-order valence-electron chi connectivity index (χ0n) is 20.8. The molecule has 2 saturated heterocycles. The van der Waals surface area contributed by atoms with Crippen molar-refractivity contribution in [3.05, 3.63) is 40.0 Å². The van der Waals surface area contributed by atoms with Gasteiger partial charge in [0.2, 0.25) is 11.8 Å². The van der Waals surface area contributed by atoms with Gasteiger partial charge in [0.25, 0.3) is 0 Å². The molecule has 3 aromatic rings. The van der Waals surface area contributed by atoms with E-state index in [4.69, 9.17) is 16.3 Å². The number of hydrogen-bond acceptors (Lipinski definition) is 7. The van der Waals surface area contributed by atoms with Crippen LogP contribution >= 0.6 is 22.9 Å². The molecule has 1 aliphatic carbocycles. The summed E-state index contributed by atoms with van der Waals surface area (Å²) < 4.78 is 7.51. The second-order valence-electron chi connectivity index (χ2n) is 10.9. The van der Waals surface area contributed by atoms with Gasteiger partial charge in [-0.15, -0.1) is 11.3 Å². The molecule has 3 aliphatic rings. The maximum atomic E-state index is 12.9. The van der Waals surface area contributed by atoms with Crippen LogP contribution in [-0.4, -0.2) is 45.9 Å². The number of amides is 2. The number of rotatable bonds is 5. The molecule has 188 valence electrons. The van der Waals surface area contributed by atoms with Crippen molar-refractivity contribution < 1.29 is 14.3 Å². The average molecular weight is 525 g/mol. The van der Waals surface area contributed by atoms with Crippen LogP contribution in [0.3, 0.4) is 0 Å². The number of carbonyl (C=O) groups excluding carboxylic acids is 2. The van der Waals surface area contributed by atoms with Crippen molar-refractivity contribution >= 4 is 45.0 Å². The molecule has 2 aliphatic heterocycles. The first-order valence-corrected chi connectivity index (χ1v) is 13.6. The summed E-state index contributed by atoms with van der Waals surface area (Å²) in [5.41, 5.74) is 3.12. The van der Waals surface area contributed by atoms with E-state index in [1.54, 1.807) is 6.33 Å². The van der Waals surface area contributed by atoms with E-state index >= 15 is 0 Å². The van der Waals surface area contributed by atoms with Gasteiger partial charge in [-0.2, -0.15) is 0 Å². The topological polar surface area (TPSA) is 84.4 Å². The third-order valence-electron chi connectivity index (χ3n) is 8.04. The van der Waals surface area contributed by atoms with Crippen LogP contribution < -0.4 is 10.1 Å². The number of piperidine rings is 2. The van der Waals surface area contributed by atoms with Crippen molar-refractivity contribution in [1.82, 2.24) is 20.2 Å². The smallest absolute Gasteiger partial charge is 0.234 e. The Morgan fingerprint density at radius 1 is 1.19 bits per heavy atom. The van der Waals surface area contributed by atoms with Gasteiger partial charge in [0.1, 0.15) is 18.2 Å². The first kappa shape index (κ1) is 23.8. The molecule has 0 bridgehead atoms. The number of halogens is 1. The van der Waals surface area contributed by atoms with Gasteiger partial charge in [-0.3, -0.25) is 14.5 Å². The molecule has 1 aromatic carbocycles. The number of likely N-dealkylation sites (tertiary alicyclic amines) is 1. The fourth-order valence-electron chi connectivity index (χ4n) is 5.87. The molecule has 9 heteroatoms. The summed E-state index contributed by atoms with van der Waals surface area (Å²) in [6, 6.07) is 5.77. The largest absolute Gasteiger partial charge is 0.489 e. The van der Waals surface area contributed by atoms with Gasteiger partial charge in [-0.05, 0) is 49.1 Å². The number of benzene rings is 1. The normalized spacial score (nSPS) is 27.0. The fourth-order valence-corrected chi connectivity index (χ4v) is 7.24. The molecule has 1 N–H and O–H groups in total. The van der Waals surface area contributed by atoms with E-state index in [0.29, 0.717) is 10.9 Å². The number of thiophene rings is 1. The lowest BCUT2D eigenvalue weighted by Gasteiger charge is -2.31. The second-order valence-corrected chi connectivity index (χ2v) is 12.5. The third kappa shape index (κ3) is 3.73. The first-order valence-electron chi connectivity index (χ1n) is 12.4. The average Bonchev–Trinajstić information content (AvgIpc) is 3.08. The van der Waals surface area contributed by atoms with Crippen molar-refractivity contribution in [2.45, 2.75) is 46.8 Å². The van der Waals surface area contributed by atoms with Crippen LogP contribution in [0.1, 0.15) is 37.6 Å². The highest BCUT2D eigenvalue weighted by Gasteiger charge is 2.72. The maximum Gasteiger partial charge on any atom is 0.234 e. The molecule has 36 heavy (non-hydrogen) atoms. The Balaban J connectivity index is 1.36. The van der Waals surface area contributed by atoms with E-state index in [9.17, 15) is 9.59 Å². The second kappa shape index (κ2) is 8.50. The lowest BCUT2D eigenvalue weighted by molar-refractivity contribution is -0.143. The zero-order chi connectivity index (χ0) is 25.4. The molecule has 0 spiro atoms. The Kier molecular flexibility index (Phi) is 5.63. The number of fused-ring (bicyclic) bond motifs is 2. The molecule has 4 atom stereocenters. The number of aromatic nitrogens is 2. The summed E-state index contributed by atoms with van der Waals surface area (Å²) >= 11 is 8.01. The first-order chi connectivity index (χ1) is 17.2. The third-order valence-corrected chi connectivity index (χ3v) is 9.37. The molecule has 2 unspecified atom stereocenters.